The molecule has 0 unspecified atom stereocenters. The molecule has 1 saturated heterocycles. The molecule has 1 N–H and O–H groups in total. The molecule has 7 nitrogen and oxygen atoms in total. The maximum Gasteiger partial charge on any atom is 0.211 e. The van der Waals surface area contributed by atoms with Crippen molar-refractivity contribution in [2.75, 3.05) is 24.7 Å². The van der Waals surface area contributed by atoms with E-state index in [0.29, 0.717) is 43.2 Å². The molecule has 0 amide bonds. The average Bonchev–Trinajstić information content (AvgIpc) is 2.71. The normalized spacial score (nSPS) is 16.0. The molecule has 0 radical (unpaired) electrons. The molecule has 2 aromatic carbocycles. The highest BCUT2D eigenvalue weighted by Crippen LogP contribution is 2.29. The molecule has 0 atom stereocenters. The van der Waals surface area contributed by atoms with Crippen molar-refractivity contribution in [2.45, 2.75) is 18.9 Å². The van der Waals surface area contributed by atoms with E-state index < -0.39 is 15.8 Å². The Morgan fingerprint density at radius 3 is 2.63 bits per heavy atom. The number of aromatic nitrogens is 2. The van der Waals surface area contributed by atoms with E-state index in [4.69, 9.17) is 16.3 Å². The highest BCUT2D eigenvalue weighted by molar-refractivity contribution is 7.88. The molecule has 0 bridgehead atoms. The Morgan fingerprint density at radius 1 is 1.17 bits per heavy atom. The molecule has 30 heavy (non-hydrogen) atoms. The number of sulfonamides is 1. The molecule has 1 fully saturated rings. The summed E-state index contributed by atoms with van der Waals surface area (Å²) in [4.78, 5) is 8.57. The number of hydrogen-bond acceptors (Lipinski definition) is 6. The van der Waals surface area contributed by atoms with Crippen LogP contribution in [0.25, 0.3) is 10.9 Å². The van der Waals surface area contributed by atoms with Crippen molar-refractivity contribution < 1.29 is 17.5 Å². The third-order valence-corrected chi connectivity index (χ3v) is 6.55. The predicted octanol–water partition coefficient (Wildman–Crippen LogP) is 3.97. The second kappa shape index (κ2) is 8.33. The molecule has 0 aliphatic carbocycles. The van der Waals surface area contributed by atoms with E-state index in [1.54, 1.807) is 6.07 Å². The minimum atomic E-state index is -3.17. The summed E-state index contributed by atoms with van der Waals surface area (Å²) in [7, 11) is -3.17. The highest BCUT2D eigenvalue weighted by Gasteiger charge is 2.26. The third-order valence-electron chi connectivity index (χ3n) is 4.96. The molecule has 1 aromatic heterocycles. The van der Waals surface area contributed by atoms with Crippen LogP contribution in [0.5, 0.6) is 5.75 Å². The number of piperidine rings is 1. The Bertz CT molecular complexity index is 1180. The van der Waals surface area contributed by atoms with Crippen LogP contribution in [0.4, 0.5) is 15.9 Å². The van der Waals surface area contributed by atoms with E-state index in [1.807, 2.05) is 18.2 Å². The van der Waals surface area contributed by atoms with Gasteiger partial charge in [0.2, 0.25) is 10.0 Å². The van der Waals surface area contributed by atoms with Crippen molar-refractivity contribution >= 4 is 44.0 Å². The quantitative estimate of drug-likeness (QED) is 0.633. The maximum absolute atomic E-state index is 13.4. The lowest BCUT2D eigenvalue weighted by atomic mass is 10.1. The largest absolute Gasteiger partial charge is 0.490 e. The van der Waals surface area contributed by atoms with E-state index >= 15 is 0 Å². The topological polar surface area (TPSA) is 84.4 Å². The highest BCUT2D eigenvalue weighted by atomic mass is 35.5. The van der Waals surface area contributed by atoms with E-state index in [9.17, 15) is 12.8 Å². The molecule has 1 aliphatic heterocycles. The van der Waals surface area contributed by atoms with Crippen molar-refractivity contribution in [3.8, 4) is 5.75 Å². The average molecular weight is 451 g/mol. The SMILES string of the molecule is CS(=O)(=O)N1CCC(Oc2ccc3ncnc(Nc4ccc(F)c(Cl)c4)c3c2)CC1. The van der Waals surface area contributed by atoms with Crippen LogP contribution in [0.2, 0.25) is 5.02 Å². The first-order valence-corrected chi connectivity index (χ1v) is 11.6. The summed E-state index contributed by atoms with van der Waals surface area (Å²) < 4.78 is 44.3. The number of halogens is 2. The van der Waals surface area contributed by atoms with Crippen LogP contribution in [0.1, 0.15) is 12.8 Å². The summed E-state index contributed by atoms with van der Waals surface area (Å²) in [5.74, 6) is 0.697. The second-order valence-corrected chi connectivity index (χ2v) is 9.52. The van der Waals surface area contributed by atoms with Crippen LogP contribution in [-0.4, -0.2) is 48.1 Å². The van der Waals surface area contributed by atoms with Gasteiger partial charge >= 0.3 is 0 Å². The summed E-state index contributed by atoms with van der Waals surface area (Å²) in [5, 5.41) is 3.89. The van der Waals surface area contributed by atoms with E-state index in [0.717, 1.165) is 10.9 Å². The Morgan fingerprint density at radius 2 is 1.93 bits per heavy atom. The molecule has 1 aliphatic rings. The molecule has 158 valence electrons. The van der Waals surface area contributed by atoms with Gasteiger partial charge in [0, 0.05) is 24.2 Å². The lowest BCUT2D eigenvalue weighted by Crippen LogP contribution is -2.41. The van der Waals surface area contributed by atoms with Crippen LogP contribution in [0.15, 0.2) is 42.7 Å². The van der Waals surface area contributed by atoms with Crippen molar-refractivity contribution in [3.05, 3.63) is 53.6 Å². The molecule has 10 heteroatoms. The summed E-state index contributed by atoms with van der Waals surface area (Å²) in [5.41, 5.74) is 1.32. The van der Waals surface area contributed by atoms with Crippen molar-refractivity contribution in [2.24, 2.45) is 0 Å². The van der Waals surface area contributed by atoms with Gasteiger partial charge in [-0.2, -0.15) is 0 Å². The number of fused-ring (bicyclic) bond motifs is 1. The van der Waals surface area contributed by atoms with Gasteiger partial charge in [-0.05, 0) is 49.2 Å². The number of nitrogens with one attached hydrogen (secondary N) is 1. The van der Waals surface area contributed by atoms with Gasteiger partial charge in [0.25, 0.3) is 0 Å². The Hall–Kier alpha value is -2.49. The molecular weight excluding hydrogens is 431 g/mol. The lowest BCUT2D eigenvalue weighted by Gasteiger charge is -2.30. The monoisotopic (exact) mass is 450 g/mol. The molecule has 4 rings (SSSR count). The summed E-state index contributed by atoms with van der Waals surface area (Å²) in [6, 6.07) is 9.85. The van der Waals surface area contributed by atoms with Crippen LogP contribution >= 0.6 is 11.6 Å². The summed E-state index contributed by atoms with van der Waals surface area (Å²) in [6.07, 6.45) is 3.83. The van der Waals surface area contributed by atoms with Gasteiger partial charge in [0.05, 0.1) is 16.8 Å². The molecule has 0 saturated carbocycles. The molecular formula is C20H20ClFN4O3S. The van der Waals surface area contributed by atoms with Gasteiger partial charge in [-0.15, -0.1) is 0 Å². The lowest BCUT2D eigenvalue weighted by molar-refractivity contribution is 0.135. The first-order chi connectivity index (χ1) is 14.3. The van der Waals surface area contributed by atoms with Crippen LogP contribution in [-0.2, 0) is 10.0 Å². The Balaban J connectivity index is 1.53. The smallest absolute Gasteiger partial charge is 0.211 e. The zero-order chi connectivity index (χ0) is 21.3. The third kappa shape index (κ3) is 4.63. The van der Waals surface area contributed by atoms with Gasteiger partial charge in [-0.3, -0.25) is 0 Å². The zero-order valence-electron chi connectivity index (χ0n) is 16.2. The van der Waals surface area contributed by atoms with Crippen molar-refractivity contribution in [3.63, 3.8) is 0 Å². The minimum absolute atomic E-state index is 0.0165. The zero-order valence-corrected chi connectivity index (χ0v) is 17.8. The summed E-state index contributed by atoms with van der Waals surface area (Å²) in [6.45, 7) is 0.886. The number of benzene rings is 2. The molecule has 2 heterocycles. The van der Waals surface area contributed by atoms with Gasteiger partial charge in [-0.1, -0.05) is 11.6 Å². The van der Waals surface area contributed by atoms with Crippen molar-refractivity contribution in [1.82, 2.24) is 14.3 Å². The van der Waals surface area contributed by atoms with E-state index in [2.05, 4.69) is 15.3 Å². The first kappa shape index (κ1) is 20.8. The standard InChI is InChI=1S/C20H20ClFN4O3S/c1-30(27,28)26-8-6-14(7-9-26)29-15-3-5-19-16(11-15)20(24-12-23-19)25-13-2-4-18(22)17(21)10-13/h2-5,10-12,14H,6-9H2,1H3,(H,23,24,25). The van der Waals surface area contributed by atoms with Crippen LogP contribution < -0.4 is 10.1 Å². The Kier molecular flexibility index (Phi) is 5.77. The number of rotatable bonds is 5. The Labute approximate surface area is 178 Å². The number of nitrogens with zero attached hydrogens (tertiary/aromatic N) is 3. The van der Waals surface area contributed by atoms with Crippen LogP contribution in [0.3, 0.4) is 0 Å². The number of anilines is 2. The van der Waals surface area contributed by atoms with E-state index in [-0.39, 0.29) is 11.1 Å². The molecule has 0 spiro atoms. The van der Waals surface area contributed by atoms with E-state index in [1.165, 1.54) is 29.0 Å². The van der Waals surface area contributed by atoms with Gasteiger partial charge in [0.1, 0.15) is 29.8 Å². The fraction of sp³-hybridized carbons (Fsp3) is 0.300. The first-order valence-electron chi connectivity index (χ1n) is 9.38. The number of ether oxygens (including phenoxy) is 1. The fourth-order valence-corrected chi connectivity index (χ4v) is 4.45. The fourth-order valence-electron chi connectivity index (χ4n) is 3.39. The van der Waals surface area contributed by atoms with Crippen molar-refractivity contribution in [1.29, 1.82) is 0 Å². The van der Waals surface area contributed by atoms with Gasteiger partial charge in [-0.25, -0.2) is 27.1 Å². The minimum Gasteiger partial charge on any atom is -0.490 e. The maximum atomic E-state index is 13.4. The summed E-state index contributed by atoms with van der Waals surface area (Å²) >= 11 is 5.86. The predicted molar refractivity (Wildman–Crippen MR) is 114 cm³/mol. The van der Waals surface area contributed by atoms with Gasteiger partial charge < -0.3 is 10.1 Å². The van der Waals surface area contributed by atoms with Crippen LogP contribution in [0, 0.1) is 5.82 Å². The second-order valence-electron chi connectivity index (χ2n) is 7.13. The van der Waals surface area contributed by atoms with Gasteiger partial charge in [0.15, 0.2) is 0 Å². The molecule has 3 aromatic rings. The number of hydrogen-bond donors (Lipinski definition) is 1.